The third-order valence-corrected chi connectivity index (χ3v) is 5.57. The largest absolute Gasteiger partial charge is 0.398 e. The summed E-state index contributed by atoms with van der Waals surface area (Å²) in [6, 6.07) is 11.4. The molecule has 1 aliphatic rings. The average Bonchev–Trinajstić information content (AvgIpc) is 3.04. The van der Waals surface area contributed by atoms with E-state index in [1.807, 2.05) is 17.4 Å². The fourth-order valence-corrected chi connectivity index (χ4v) is 4.12. The topological polar surface area (TPSA) is 38.0 Å². The molecule has 0 saturated carbocycles. The Bertz CT molecular complexity index is 577. The predicted octanol–water partition coefficient (Wildman–Crippen LogP) is 4.19. The van der Waals surface area contributed by atoms with E-state index in [-0.39, 0.29) is 0 Å². The lowest BCUT2D eigenvalue weighted by atomic mass is 9.87. The van der Waals surface area contributed by atoms with E-state index >= 15 is 0 Å². The third kappa shape index (κ3) is 4.11. The molecule has 2 aromatic rings. The highest BCUT2D eigenvalue weighted by Crippen LogP contribution is 2.26. The van der Waals surface area contributed by atoms with Gasteiger partial charge in [0.1, 0.15) is 0 Å². The zero-order valence-electron chi connectivity index (χ0n) is 13.2. The monoisotopic (exact) mass is 314 g/mol. The molecular formula is C19H26N2S. The van der Waals surface area contributed by atoms with Crippen molar-refractivity contribution in [3.05, 3.63) is 51.7 Å². The number of fused-ring (bicyclic) bond motifs is 1. The van der Waals surface area contributed by atoms with Gasteiger partial charge in [-0.05, 0) is 73.7 Å². The van der Waals surface area contributed by atoms with Crippen LogP contribution >= 0.6 is 11.3 Å². The van der Waals surface area contributed by atoms with Crippen LogP contribution in [0.1, 0.15) is 41.7 Å². The minimum atomic E-state index is 0.631. The van der Waals surface area contributed by atoms with Gasteiger partial charge in [-0.15, -0.1) is 11.3 Å². The van der Waals surface area contributed by atoms with E-state index < -0.39 is 0 Å². The van der Waals surface area contributed by atoms with Crippen LogP contribution in [0, 0.1) is 0 Å². The van der Waals surface area contributed by atoms with Crippen molar-refractivity contribution in [2.75, 3.05) is 12.3 Å². The number of nitrogens with two attached hydrogens (primary N) is 1. The van der Waals surface area contributed by atoms with E-state index in [0.717, 1.165) is 25.1 Å². The van der Waals surface area contributed by atoms with Crippen LogP contribution in [0.4, 0.5) is 5.69 Å². The molecule has 0 spiro atoms. The number of anilines is 1. The van der Waals surface area contributed by atoms with Crippen molar-refractivity contribution in [1.29, 1.82) is 0 Å². The second-order valence-corrected chi connectivity index (χ2v) is 7.30. The van der Waals surface area contributed by atoms with Gasteiger partial charge in [0.15, 0.2) is 0 Å². The van der Waals surface area contributed by atoms with Gasteiger partial charge in [0.2, 0.25) is 0 Å². The first-order valence-electron chi connectivity index (χ1n) is 8.45. The van der Waals surface area contributed by atoms with Crippen LogP contribution in [-0.2, 0) is 19.3 Å². The van der Waals surface area contributed by atoms with Crippen LogP contribution in [0.25, 0.3) is 0 Å². The minimum absolute atomic E-state index is 0.631. The Hall–Kier alpha value is -1.32. The van der Waals surface area contributed by atoms with E-state index in [2.05, 4.69) is 35.0 Å². The molecule has 0 aliphatic heterocycles. The smallest absolute Gasteiger partial charge is 0.0349 e. The number of rotatable bonds is 7. The summed E-state index contributed by atoms with van der Waals surface area (Å²) in [6.07, 6.45) is 8.64. The Morgan fingerprint density at radius 2 is 2.09 bits per heavy atom. The number of aryl methyl sites for hydroxylation is 1. The fraction of sp³-hybridized carbons (Fsp3) is 0.474. The van der Waals surface area contributed by atoms with Gasteiger partial charge in [-0.1, -0.05) is 24.6 Å². The molecular weight excluding hydrogens is 288 g/mol. The molecule has 1 atom stereocenters. The van der Waals surface area contributed by atoms with Crippen LogP contribution in [0.3, 0.4) is 0 Å². The lowest BCUT2D eigenvalue weighted by molar-refractivity contribution is 0.449. The van der Waals surface area contributed by atoms with Gasteiger partial charge in [-0.2, -0.15) is 0 Å². The first kappa shape index (κ1) is 15.6. The first-order chi connectivity index (χ1) is 10.8. The quantitative estimate of drug-likeness (QED) is 0.594. The summed E-state index contributed by atoms with van der Waals surface area (Å²) in [5.74, 6) is 0. The lowest BCUT2D eigenvalue weighted by Gasteiger charge is -2.26. The molecule has 0 fully saturated rings. The highest BCUT2D eigenvalue weighted by molar-refractivity contribution is 7.09. The Balaban J connectivity index is 1.33. The molecule has 0 bridgehead atoms. The fourth-order valence-electron chi connectivity index (χ4n) is 3.37. The molecule has 1 unspecified atom stereocenters. The summed E-state index contributed by atoms with van der Waals surface area (Å²) in [4.78, 5) is 1.52. The van der Waals surface area contributed by atoms with E-state index in [9.17, 15) is 0 Å². The van der Waals surface area contributed by atoms with Crippen molar-refractivity contribution >= 4 is 17.0 Å². The van der Waals surface area contributed by atoms with Gasteiger partial charge in [0, 0.05) is 16.6 Å². The molecule has 118 valence electrons. The van der Waals surface area contributed by atoms with E-state index in [1.165, 1.54) is 48.1 Å². The van der Waals surface area contributed by atoms with Crippen molar-refractivity contribution in [2.24, 2.45) is 0 Å². The van der Waals surface area contributed by atoms with E-state index in [1.54, 1.807) is 0 Å². The molecule has 1 aromatic heterocycles. The van der Waals surface area contributed by atoms with Crippen molar-refractivity contribution in [3.63, 3.8) is 0 Å². The number of hydrogen-bond donors (Lipinski definition) is 2. The Labute approximate surface area is 137 Å². The van der Waals surface area contributed by atoms with Crippen molar-refractivity contribution in [2.45, 2.75) is 51.0 Å². The molecule has 3 heteroatoms. The first-order valence-corrected chi connectivity index (χ1v) is 9.33. The number of nitrogens with one attached hydrogen (secondary N) is 1. The van der Waals surface area contributed by atoms with Gasteiger partial charge >= 0.3 is 0 Å². The number of unbranched alkanes of at least 4 members (excludes halogenated alkanes) is 2. The summed E-state index contributed by atoms with van der Waals surface area (Å²) >= 11 is 1.88. The molecule has 0 amide bonds. The van der Waals surface area contributed by atoms with Gasteiger partial charge in [0.05, 0.1) is 0 Å². The molecule has 1 aromatic carbocycles. The number of nitrogen functional groups attached to an aromatic ring is 1. The minimum Gasteiger partial charge on any atom is -0.398 e. The molecule has 2 nitrogen and oxygen atoms in total. The highest BCUT2D eigenvalue weighted by atomic mass is 32.1. The number of benzene rings is 1. The second kappa shape index (κ2) is 7.80. The summed E-state index contributed by atoms with van der Waals surface area (Å²) < 4.78 is 0. The second-order valence-electron chi connectivity index (χ2n) is 6.27. The Kier molecular flexibility index (Phi) is 5.52. The summed E-state index contributed by atoms with van der Waals surface area (Å²) in [7, 11) is 0. The summed E-state index contributed by atoms with van der Waals surface area (Å²) in [6.45, 7) is 1.15. The Morgan fingerprint density at radius 3 is 2.95 bits per heavy atom. The summed E-state index contributed by atoms with van der Waals surface area (Å²) in [5.41, 5.74) is 9.87. The maximum absolute atomic E-state index is 6.06. The molecule has 0 radical (unpaired) electrons. The van der Waals surface area contributed by atoms with Gasteiger partial charge in [-0.25, -0.2) is 0 Å². The molecule has 3 N–H and O–H groups in total. The van der Waals surface area contributed by atoms with Crippen molar-refractivity contribution in [1.82, 2.24) is 5.32 Å². The number of hydrogen-bond acceptors (Lipinski definition) is 3. The van der Waals surface area contributed by atoms with Gasteiger partial charge in [-0.3, -0.25) is 0 Å². The van der Waals surface area contributed by atoms with Crippen molar-refractivity contribution in [3.8, 4) is 0 Å². The van der Waals surface area contributed by atoms with Crippen LogP contribution in [0.5, 0.6) is 0 Å². The maximum Gasteiger partial charge on any atom is 0.0349 e. The normalized spacial score (nSPS) is 17.4. The number of thiophene rings is 1. The molecule has 0 saturated heterocycles. The van der Waals surface area contributed by atoms with Gasteiger partial charge < -0.3 is 11.1 Å². The lowest BCUT2D eigenvalue weighted by Crippen LogP contribution is -2.35. The van der Waals surface area contributed by atoms with Crippen LogP contribution in [0.2, 0.25) is 0 Å². The van der Waals surface area contributed by atoms with E-state index in [4.69, 9.17) is 5.73 Å². The van der Waals surface area contributed by atoms with E-state index in [0.29, 0.717) is 6.04 Å². The molecule has 1 aliphatic carbocycles. The molecule has 22 heavy (non-hydrogen) atoms. The third-order valence-electron chi connectivity index (χ3n) is 4.63. The predicted molar refractivity (Wildman–Crippen MR) is 96.5 cm³/mol. The summed E-state index contributed by atoms with van der Waals surface area (Å²) in [5, 5.41) is 5.91. The zero-order valence-corrected chi connectivity index (χ0v) is 14.0. The van der Waals surface area contributed by atoms with Crippen LogP contribution in [0.15, 0.2) is 35.7 Å². The molecule has 1 heterocycles. The van der Waals surface area contributed by atoms with Crippen LogP contribution < -0.4 is 11.1 Å². The maximum atomic E-state index is 6.06. The standard InChI is InChI=1S/C19H26N2S/c20-19-9-4-6-15-14-16(10-11-18(15)19)21-12-3-1-2-7-17-8-5-13-22-17/h4-6,8-9,13,16,21H,1-3,7,10-12,14,20H2. The van der Waals surface area contributed by atoms with Crippen molar-refractivity contribution < 1.29 is 0 Å². The Morgan fingerprint density at radius 1 is 1.14 bits per heavy atom. The van der Waals surface area contributed by atoms with Crippen LogP contribution in [-0.4, -0.2) is 12.6 Å². The van der Waals surface area contributed by atoms with Gasteiger partial charge in [0.25, 0.3) is 0 Å². The molecule has 3 rings (SSSR count). The average molecular weight is 314 g/mol. The zero-order chi connectivity index (χ0) is 15.2. The highest BCUT2D eigenvalue weighted by Gasteiger charge is 2.19. The SMILES string of the molecule is Nc1cccc2c1CCC(NCCCCCc1cccs1)C2.